The largest absolute Gasteiger partial charge is 0.465 e. The molecule has 1 aliphatic heterocycles. The molecular weight excluding hydrogens is 267 g/mol. The van der Waals surface area contributed by atoms with Crippen LogP contribution in [0.1, 0.15) is 19.8 Å². The van der Waals surface area contributed by atoms with Crippen molar-refractivity contribution < 1.29 is 9.53 Å². The Kier molecular flexibility index (Phi) is 2.31. The predicted molar refractivity (Wildman–Crippen MR) is 54.1 cm³/mol. The normalized spacial score (nSPS) is 46.0. The Morgan fingerprint density at radius 1 is 1.67 bits per heavy atom. The molecule has 2 rings (SSSR count). The number of cyclic esters (lactones) is 1. The van der Waals surface area contributed by atoms with Crippen molar-refractivity contribution in [1.82, 2.24) is 0 Å². The van der Waals surface area contributed by atoms with E-state index in [9.17, 15) is 4.79 Å². The maximum absolute atomic E-state index is 11.3. The van der Waals surface area contributed by atoms with E-state index in [1.165, 1.54) is 6.42 Å². The lowest BCUT2D eigenvalue weighted by Gasteiger charge is -2.11. The fourth-order valence-electron chi connectivity index (χ4n) is 2.46. The van der Waals surface area contributed by atoms with Gasteiger partial charge in [-0.1, -0.05) is 35.9 Å². The van der Waals surface area contributed by atoms with Crippen molar-refractivity contribution in [3.63, 3.8) is 0 Å². The number of hydrogen-bond donors (Lipinski definition) is 0. The number of halogens is 1. The average molecular weight is 280 g/mol. The molecular formula is C9H13IO2. The van der Waals surface area contributed by atoms with E-state index in [-0.39, 0.29) is 11.9 Å². The molecule has 1 saturated carbocycles. The second-order valence-corrected chi connectivity index (χ2v) is 5.34. The fraction of sp³-hybridized carbons (Fsp3) is 0.889. The van der Waals surface area contributed by atoms with Gasteiger partial charge in [-0.25, -0.2) is 0 Å². The Labute approximate surface area is 86.2 Å². The zero-order chi connectivity index (χ0) is 8.72. The molecule has 12 heavy (non-hydrogen) atoms. The van der Waals surface area contributed by atoms with Crippen molar-refractivity contribution in [2.45, 2.75) is 23.7 Å². The van der Waals surface area contributed by atoms with E-state index in [1.807, 2.05) is 0 Å². The quantitative estimate of drug-likeness (QED) is 0.417. The summed E-state index contributed by atoms with van der Waals surface area (Å²) in [5.41, 5.74) is 0. The second-order valence-electron chi connectivity index (χ2n) is 3.74. The van der Waals surface area contributed by atoms with Crippen LogP contribution >= 0.6 is 22.6 Å². The predicted octanol–water partition coefficient (Wildman–Crippen LogP) is 2.01. The molecule has 2 nitrogen and oxygen atoms in total. The van der Waals surface area contributed by atoms with Crippen LogP contribution in [-0.2, 0) is 9.53 Å². The van der Waals surface area contributed by atoms with Gasteiger partial charge in [0.2, 0.25) is 0 Å². The molecule has 1 aliphatic carbocycles. The first kappa shape index (κ1) is 8.78. The van der Waals surface area contributed by atoms with E-state index >= 15 is 0 Å². The minimum absolute atomic E-state index is 0.0611. The molecule has 0 radical (unpaired) electrons. The smallest absolute Gasteiger partial charge is 0.309 e. The molecule has 2 fully saturated rings. The number of ether oxygens (including phenoxy) is 1. The zero-order valence-electron chi connectivity index (χ0n) is 7.13. The number of hydrogen-bond acceptors (Lipinski definition) is 2. The van der Waals surface area contributed by atoms with E-state index in [4.69, 9.17) is 4.74 Å². The van der Waals surface area contributed by atoms with Gasteiger partial charge >= 0.3 is 5.97 Å². The third kappa shape index (κ3) is 1.17. The summed E-state index contributed by atoms with van der Waals surface area (Å²) in [7, 11) is 0. The summed E-state index contributed by atoms with van der Waals surface area (Å²) >= 11 is 2.47. The molecule has 68 valence electrons. The van der Waals surface area contributed by atoms with Gasteiger partial charge in [-0.2, -0.15) is 0 Å². The highest BCUT2D eigenvalue weighted by molar-refractivity contribution is 14.1. The van der Waals surface area contributed by atoms with E-state index in [1.54, 1.807) is 0 Å². The number of carbonyl (C=O) groups is 1. The minimum atomic E-state index is 0.0611. The first-order valence-corrected chi connectivity index (χ1v) is 5.79. The van der Waals surface area contributed by atoms with Gasteiger partial charge in [0.1, 0.15) is 0 Å². The Balaban J connectivity index is 2.18. The summed E-state index contributed by atoms with van der Waals surface area (Å²) in [5.74, 6) is 1.40. The molecule has 0 aromatic heterocycles. The molecule has 0 amide bonds. The lowest BCUT2D eigenvalue weighted by Crippen LogP contribution is -2.18. The summed E-state index contributed by atoms with van der Waals surface area (Å²) < 4.78 is 5.74. The Morgan fingerprint density at radius 3 is 3.08 bits per heavy atom. The maximum Gasteiger partial charge on any atom is 0.309 e. The molecule has 4 atom stereocenters. The van der Waals surface area contributed by atoms with Crippen molar-refractivity contribution >= 4 is 28.6 Å². The molecule has 2 aliphatic rings. The van der Waals surface area contributed by atoms with Crippen LogP contribution in [0, 0.1) is 17.8 Å². The van der Waals surface area contributed by atoms with Crippen molar-refractivity contribution in [3.8, 4) is 0 Å². The number of carbonyl (C=O) groups excluding carboxylic acids is 1. The summed E-state index contributed by atoms with van der Waals surface area (Å²) in [6.07, 6.45) is 2.33. The Hall–Kier alpha value is 0.200. The minimum Gasteiger partial charge on any atom is -0.465 e. The summed E-state index contributed by atoms with van der Waals surface area (Å²) in [6, 6.07) is 0. The van der Waals surface area contributed by atoms with Crippen LogP contribution in [0.15, 0.2) is 0 Å². The number of fused-ring (bicyclic) bond motifs is 1. The number of rotatable bonds is 1. The second kappa shape index (κ2) is 3.16. The SMILES string of the molecule is CCC1CC(I)C2COC(=O)C12. The van der Waals surface area contributed by atoms with Gasteiger partial charge in [0.25, 0.3) is 0 Å². The van der Waals surface area contributed by atoms with Crippen molar-refractivity contribution in [3.05, 3.63) is 0 Å². The molecule has 1 saturated heterocycles. The van der Waals surface area contributed by atoms with Crippen LogP contribution in [0.3, 0.4) is 0 Å². The van der Waals surface area contributed by atoms with E-state index < -0.39 is 0 Å². The Bertz CT molecular complexity index is 205. The molecule has 4 unspecified atom stereocenters. The van der Waals surface area contributed by atoms with Gasteiger partial charge in [-0.05, 0) is 12.3 Å². The van der Waals surface area contributed by atoms with Gasteiger partial charge in [-0.15, -0.1) is 0 Å². The molecule has 1 heterocycles. The zero-order valence-corrected chi connectivity index (χ0v) is 9.28. The summed E-state index contributed by atoms with van der Waals surface area (Å²) in [6.45, 7) is 2.84. The van der Waals surface area contributed by atoms with Crippen molar-refractivity contribution in [1.29, 1.82) is 0 Å². The third-order valence-corrected chi connectivity index (χ3v) is 4.61. The van der Waals surface area contributed by atoms with Crippen LogP contribution in [0.5, 0.6) is 0 Å². The van der Waals surface area contributed by atoms with Crippen LogP contribution in [0.25, 0.3) is 0 Å². The summed E-state index contributed by atoms with van der Waals surface area (Å²) in [5, 5.41) is 0. The van der Waals surface area contributed by atoms with Crippen LogP contribution in [-0.4, -0.2) is 16.5 Å². The van der Waals surface area contributed by atoms with Crippen LogP contribution < -0.4 is 0 Å². The van der Waals surface area contributed by atoms with Crippen LogP contribution in [0.4, 0.5) is 0 Å². The average Bonchev–Trinajstić information content (AvgIpc) is 2.56. The number of alkyl halides is 1. The maximum atomic E-state index is 11.3. The molecule has 0 bridgehead atoms. The van der Waals surface area contributed by atoms with Gasteiger partial charge in [0.05, 0.1) is 12.5 Å². The molecule has 0 aromatic carbocycles. The van der Waals surface area contributed by atoms with Gasteiger partial charge in [-0.3, -0.25) is 4.79 Å². The highest BCUT2D eigenvalue weighted by Gasteiger charge is 2.50. The monoisotopic (exact) mass is 280 g/mol. The summed E-state index contributed by atoms with van der Waals surface area (Å²) in [4.78, 5) is 11.3. The lowest BCUT2D eigenvalue weighted by molar-refractivity contribution is -0.142. The Morgan fingerprint density at radius 2 is 2.42 bits per heavy atom. The highest BCUT2D eigenvalue weighted by Crippen LogP contribution is 2.46. The first-order chi connectivity index (χ1) is 5.74. The van der Waals surface area contributed by atoms with Crippen molar-refractivity contribution in [2.75, 3.05) is 6.61 Å². The van der Waals surface area contributed by atoms with Gasteiger partial charge < -0.3 is 4.74 Å². The number of esters is 1. The van der Waals surface area contributed by atoms with E-state index in [0.29, 0.717) is 22.4 Å². The van der Waals surface area contributed by atoms with E-state index in [0.717, 1.165) is 6.42 Å². The first-order valence-electron chi connectivity index (χ1n) is 4.54. The molecule has 0 aromatic rings. The van der Waals surface area contributed by atoms with Crippen molar-refractivity contribution in [2.24, 2.45) is 17.8 Å². The molecule has 0 N–H and O–H groups in total. The van der Waals surface area contributed by atoms with Gasteiger partial charge in [0, 0.05) is 9.84 Å². The van der Waals surface area contributed by atoms with E-state index in [2.05, 4.69) is 29.5 Å². The standard InChI is InChI=1S/C9H13IO2/c1-2-5-3-7(10)6-4-12-9(11)8(5)6/h5-8H,2-4H2,1H3. The molecule has 3 heteroatoms. The van der Waals surface area contributed by atoms with Gasteiger partial charge in [0.15, 0.2) is 0 Å². The molecule has 0 spiro atoms. The lowest BCUT2D eigenvalue weighted by atomic mass is 9.90. The fourth-order valence-corrected chi connectivity index (χ4v) is 3.76. The third-order valence-electron chi connectivity index (χ3n) is 3.18. The topological polar surface area (TPSA) is 26.3 Å². The highest BCUT2D eigenvalue weighted by atomic mass is 127. The van der Waals surface area contributed by atoms with Crippen LogP contribution in [0.2, 0.25) is 0 Å².